The summed E-state index contributed by atoms with van der Waals surface area (Å²) in [4.78, 5) is 0.789. The van der Waals surface area contributed by atoms with E-state index in [-0.39, 0.29) is 0 Å². The lowest BCUT2D eigenvalue weighted by Gasteiger charge is -2.11. The Morgan fingerprint density at radius 1 is 0.581 bits per heavy atom. The molecule has 0 amide bonds. The minimum absolute atomic E-state index is 0.394. The minimum atomic E-state index is -3.74. The van der Waals surface area contributed by atoms with Gasteiger partial charge in [-0.05, 0) is 49.2 Å². The van der Waals surface area contributed by atoms with Gasteiger partial charge < -0.3 is 0 Å². The molecule has 6 aromatic rings. The van der Waals surface area contributed by atoms with Crippen molar-refractivity contribution in [3.8, 4) is 0 Å². The maximum Gasteiger partial charge on any atom is 0.207 e. The molecule has 0 unspecified atom stereocenters. The van der Waals surface area contributed by atoms with Gasteiger partial charge >= 0.3 is 0 Å². The molecule has 4 aromatic carbocycles. The second kappa shape index (κ2) is 6.63. The Bertz CT molecular complexity index is 1640. The molecule has 0 N–H and O–H groups in total. The zero-order valence-corrected chi connectivity index (χ0v) is 19.4. The van der Waals surface area contributed by atoms with Crippen LogP contribution < -0.4 is 0 Å². The van der Waals surface area contributed by atoms with E-state index in [0.717, 1.165) is 51.5 Å². The van der Waals surface area contributed by atoms with Crippen LogP contribution in [0.5, 0.6) is 0 Å². The Hall–Kier alpha value is -2.73. The van der Waals surface area contributed by atoms with Gasteiger partial charge in [0.2, 0.25) is 9.84 Å². The van der Waals surface area contributed by atoms with E-state index in [4.69, 9.17) is 0 Å². The Kier molecular flexibility index (Phi) is 4.06. The number of thiophene rings is 2. The maximum absolute atomic E-state index is 14.2. The summed E-state index contributed by atoms with van der Waals surface area (Å²) in [5.74, 6) is 0. The van der Waals surface area contributed by atoms with Gasteiger partial charge in [0.1, 0.15) is 0 Å². The molecule has 5 heteroatoms. The second-order valence-corrected chi connectivity index (χ2v) is 11.9. The number of benzene rings is 4. The highest BCUT2D eigenvalue weighted by Gasteiger charge is 2.27. The first-order valence-corrected chi connectivity index (χ1v) is 13.2. The van der Waals surface area contributed by atoms with Crippen LogP contribution in [0.25, 0.3) is 40.3 Å². The van der Waals surface area contributed by atoms with Crippen molar-refractivity contribution in [2.24, 2.45) is 0 Å². The molecule has 0 aliphatic heterocycles. The van der Waals surface area contributed by atoms with Crippen LogP contribution in [0.15, 0.2) is 82.6 Å². The van der Waals surface area contributed by atoms with Crippen molar-refractivity contribution >= 4 is 72.9 Å². The van der Waals surface area contributed by atoms with Crippen LogP contribution in [0.4, 0.5) is 0 Å². The molecule has 0 radical (unpaired) electrons. The molecule has 0 aliphatic carbocycles. The standard InChI is InChI=1S/C26H18O2S3/c1-15-11-13-21(23-17-7-3-5-9-19(17)29-25(15)23)31(27,28)22-14-12-16(2)26-24(22)18-8-4-6-10-20(18)30-26/h3-14H,1-2H3. The maximum atomic E-state index is 14.2. The molecular weight excluding hydrogens is 440 g/mol. The molecule has 0 spiro atoms. The monoisotopic (exact) mass is 458 g/mol. The van der Waals surface area contributed by atoms with E-state index in [0.29, 0.717) is 9.79 Å². The lowest BCUT2D eigenvalue weighted by molar-refractivity contribution is 0.598. The highest BCUT2D eigenvalue weighted by Crippen LogP contribution is 2.44. The van der Waals surface area contributed by atoms with Gasteiger partial charge in [0.25, 0.3) is 0 Å². The fourth-order valence-corrected chi connectivity index (χ4v) is 8.64. The van der Waals surface area contributed by atoms with Gasteiger partial charge in [-0.3, -0.25) is 0 Å². The number of hydrogen-bond donors (Lipinski definition) is 0. The Balaban J connectivity index is 1.77. The molecule has 2 nitrogen and oxygen atoms in total. The van der Waals surface area contributed by atoms with E-state index in [1.807, 2.05) is 62.4 Å². The van der Waals surface area contributed by atoms with Gasteiger partial charge in [-0.2, -0.15) is 0 Å². The Morgan fingerprint density at radius 3 is 1.45 bits per heavy atom. The Labute approximate surface area is 188 Å². The van der Waals surface area contributed by atoms with Crippen LogP contribution in [0.1, 0.15) is 11.1 Å². The fraction of sp³-hybridized carbons (Fsp3) is 0.0769. The number of sulfone groups is 1. The fourth-order valence-electron chi connectivity index (χ4n) is 4.42. The summed E-state index contributed by atoms with van der Waals surface area (Å²) in [7, 11) is -3.74. The smallest absolute Gasteiger partial charge is 0.207 e. The number of rotatable bonds is 2. The minimum Gasteiger partial charge on any atom is -0.218 e. The molecule has 0 atom stereocenters. The van der Waals surface area contributed by atoms with Gasteiger partial charge in [0, 0.05) is 40.3 Å². The molecular formula is C26H18O2S3. The van der Waals surface area contributed by atoms with Crippen molar-refractivity contribution in [3.63, 3.8) is 0 Å². The largest absolute Gasteiger partial charge is 0.218 e. The normalized spacial score (nSPS) is 12.5. The van der Waals surface area contributed by atoms with Gasteiger partial charge in [-0.25, -0.2) is 8.42 Å². The summed E-state index contributed by atoms with van der Waals surface area (Å²) in [6.07, 6.45) is 0. The van der Waals surface area contributed by atoms with Crippen LogP contribution in [0.3, 0.4) is 0 Å². The molecule has 0 fully saturated rings. The number of hydrogen-bond acceptors (Lipinski definition) is 4. The average molecular weight is 459 g/mol. The number of fused-ring (bicyclic) bond motifs is 6. The van der Waals surface area contributed by atoms with E-state index in [2.05, 4.69) is 12.1 Å². The van der Waals surface area contributed by atoms with Crippen molar-refractivity contribution in [1.29, 1.82) is 0 Å². The van der Waals surface area contributed by atoms with Crippen molar-refractivity contribution in [1.82, 2.24) is 0 Å². The summed E-state index contributed by atoms with van der Waals surface area (Å²) in [5, 5.41) is 3.69. The van der Waals surface area contributed by atoms with E-state index in [1.165, 1.54) is 0 Å². The summed E-state index contributed by atoms with van der Waals surface area (Å²) in [5.41, 5.74) is 2.20. The molecule has 152 valence electrons. The predicted molar refractivity (Wildman–Crippen MR) is 134 cm³/mol. The zero-order valence-electron chi connectivity index (χ0n) is 17.0. The van der Waals surface area contributed by atoms with Crippen molar-refractivity contribution in [3.05, 3.63) is 83.9 Å². The van der Waals surface area contributed by atoms with Crippen molar-refractivity contribution < 1.29 is 8.42 Å². The topological polar surface area (TPSA) is 34.1 Å². The van der Waals surface area contributed by atoms with Gasteiger partial charge in [0.05, 0.1) is 9.79 Å². The first-order valence-electron chi connectivity index (χ1n) is 10.0. The zero-order chi connectivity index (χ0) is 21.3. The van der Waals surface area contributed by atoms with E-state index in [1.54, 1.807) is 34.8 Å². The summed E-state index contributed by atoms with van der Waals surface area (Å²) in [6.45, 7) is 4.09. The molecule has 0 aliphatic rings. The number of aryl methyl sites for hydroxylation is 2. The second-order valence-electron chi connectivity index (χ2n) is 7.87. The highest BCUT2D eigenvalue weighted by atomic mass is 32.2. The van der Waals surface area contributed by atoms with E-state index < -0.39 is 9.84 Å². The van der Waals surface area contributed by atoms with Crippen LogP contribution in [0, 0.1) is 13.8 Å². The van der Waals surface area contributed by atoms with Crippen LogP contribution in [0.2, 0.25) is 0 Å². The molecule has 0 bridgehead atoms. The van der Waals surface area contributed by atoms with E-state index >= 15 is 0 Å². The average Bonchev–Trinajstić information content (AvgIpc) is 3.34. The highest BCUT2D eigenvalue weighted by molar-refractivity contribution is 7.92. The van der Waals surface area contributed by atoms with Crippen molar-refractivity contribution in [2.45, 2.75) is 23.6 Å². The molecule has 0 saturated carbocycles. The lowest BCUT2D eigenvalue weighted by atomic mass is 10.1. The van der Waals surface area contributed by atoms with Gasteiger partial charge in [-0.1, -0.05) is 48.5 Å². The third kappa shape index (κ3) is 2.64. The lowest BCUT2D eigenvalue weighted by Crippen LogP contribution is -2.04. The first-order chi connectivity index (χ1) is 15.0. The molecule has 31 heavy (non-hydrogen) atoms. The summed E-state index contributed by atoms with van der Waals surface area (Å²) in [6, 6.07) is 23.6. The third-order valence-electron chi connectivity index (χ3n) is 5.95. The SMILES string of the molecule is Cc1ccc(S(=O)(=O)c2ccc(C)c3sc4ccccc4c23)c2c1sc1ccccc12. The van der Waals surface area contributed by atoms with Crippen molar-refractivity contribution in [2.75, 3.05) is 0 Å². The summed E-state index contributed by atoms with van der Waals surface area (Å²) < 4.78 is 32.7. The quantitative estimate of drug-likeness (QED) is 0.264. The van der Waals surface area contributed by atoms with E-state index in [9.17, 15) is 8.42 Å². The molecule has 2 heterocycles. The predicted octanol–water partition coefficient (Wildman–Crippen LogP) is 7.87. The van der Waals surface area contributed by atoms with Gasteiger partial charge in [-0.15, -0.1) is 22.7 Å². The first kappa shape index (κ1) is 19.0. The van der Waals surface area contributed by atoms with Crippen LogP contribution in [-0.4, -0.2) is 8.42 Å². The van der Waals surface area contributed by atoms with Gasteiger partial charge in [0.15, 0.2) is 0 Å². The van der Waals surface area contributed by atoms with Crippen LogP contribution in [-0.2, 0) is 9.84 Å². The molecule has 6 rings (SSSR count). The third-order valence-corrected chi connectivity index (χ3v) is 10.4. The molecule has 0 saturated heterocycles. The summed E-state index contributed by atoms with van der Waals surface area (Å²) >= 11 is 3.32. The molecule has 2 aromatic heterocycles. The Morgan fingerprint density at radius 2 is 1.00 bits per heavy atom. The van der Waals surface area contributed by atoms with Crippen LogP contribution >= 0.6 is 22.7 Å².